The largest absolute Gasteiger partial charge is 0.478 e. The average molecular weight is 337 g/mol. The maximum atomic E-state index is 12.0. The average Bonchev–Trinajstić information content (AvgIpc) is 3.08. The van der Waals surface area contributed by atoms with Crippen LogP contribution in [0.4, 0.5) is 0 Å². The van der Waals surface area contributed by atoms with E-state index in [4.69, 9.17) is 19.5 Å². The predicted molar refractivity (Wildman–Crippen MR) is 89.6 cm³/mol. The summed E-state index contributed by atoms with van der Waals surface area (Å²) in [6, 6.07) is 14.4. The number of rotatable bonds is 6. The van der Waals surface area contributed by atoms with Gasteiger partial charge in [-0.3, -0.25) is 4.79 Å². The number of nitriles is 1. The Morgan fingerprint density at radius 1 is 1.28 bits per heavy atom. The fourth-order valence-corrected chi connectivity index (χ4v) is 2.28. The van der Waals surface area contributed by atoms with Crippen molar-refractivity contribution in [2.24, 2.45) is 5.10 Å². The van der Waals surface area contributed by atoms with Gasteiger partial charge >= 0.3 is 0 Å². The zero-order valence-corrected chi connectivity index (χ0v) is 13.3. The molecule has 0 atom stereocenters. The highest BCUT2D eigenvalue weighted by Crippen LogP contribution is 2.32. The van der Waals surface area contributed by atoms with Crippen LogP contribution in [0.25, 0.3) is 0 Å². The lowest BCUT2D eigenvalue weighted by Crippen LogP contribution is -2.19. The number of carbonyl (C=O) groups excluding carboxylic acids is 1. The van der Waals surface area contributed by atoms with E-state index in [9.17, 15) is 4.79 Å². The Morgan fingerprint density at radius 2 is 2.12 bits per heavy atom. The third-order valence-electron chi connectivity index (χ3n) is 3.41. The van der Waals surface area contributed by atoms with Crippen LogP contribution < -0.4 is 19.6 Å². The first-order valence-corrected chi connectivity index (χ1v) is 7.55. The van der Waals surface area contributed by atoms with Crippen LogP contribution in [0.1, 0.15) is 11.1 Å². The number of nitrogens with one attached hydrogen (secondary N) is 1. The highest BCUT2D eigenvalue weighted by molar-refractivity contribution is 5.85. The van der Waals surface area contributed by atoms with Crippen LogP contribution in [-0.2, 0) is 11.2 Å². The number of hydrazone groups is 1. The highest BCUT2D eigenvalue weighted by atomic mass is 16.7. The summed E-state index contributed by atoms with van der Waals surface area (Å²) in [4.78, 5) is 12.0. The molecule has 0 saturated heterocycles. The number of hydrogen-bond acceptors (Lipinski definition) is 6. The molecule has 3 rings (SSSR count). The molecule has 0 radical (unpaired) electrons. The lowest BCUT2D eigenvalue weighted by Gasteiger charge is -2.05. The fraction of sp³-hybridized carbons (Fsp3) is 0.167. The van der Waals surface area contributed by atoms with Crippen molar-refractivity contribution in [2.75, 3.05) is 13.4 Å². The van der Waals surface area contributed by atoms with E-state index in [1.165, 1.54) is 6.21 Å². The van der Waals surface area contributed by atoms with Crippen molar-refractivity contribution >= 4 is 12.1 Å². The van der Waals surface area contributed by atoms with Gasteiger partial charge < -0.3 is 14.2 Å². The molecule has 0 aliphatic carbocycles. The van der Waals surface area contributed by atoms with Gasteiger partial charge in [-0.25, -0.2) is 5.43 Å². The van der Waals surface area contributed by atoms with Gasteiger partial charge in [-0.15, -0.1) is 0 Å². The van der Waals surface area contributed by atoms with E-state index in [1.807, 2.05) is 18.2 Å². The molecule has 25 heavy (non-hydrogen) atoms. The lowest BCUT2D eigenvalue weighted by molar-refractivity contribution is -0.120. The van der Waals surface area contributed by atoms with Gasteiger partial charge in [-0.2, -0.15) is 10.4 Å². The molecule has 7 heteroatoms. The maximum Gasteiger partial charge on any atom is 0.244 e. The molecular formula is C18H15N3O4. The second-order valence-corrected chi connectivity index (χ2v) is 5.14. The first-order chi connectivity index (χ1) is 12.3. The van der Waals surface area contributed by atoms with Crippen LogP contribution in [0.5, 0.6) is 17.2 Å². The normalized spacial score (nSPS) is 12.0. The SMILES string of the molecule is N#CCOc1ccccc1/C=N\NC(=O)Cc1ccc2c(c1)OCO2. The molecular weight excluding hydrogens is 322 g/mol. The molecule has 0 bridgehead atoms. The van der Waals surface area contributed by atoms with E-state index in [2.05, 4.69) is 10.5 Å². The molecule has 0 aromatic heterocycles. The molecule has 1 amide bonds. The van der Waals surface area contributed by atoms with Gasteiger partial charge in [-0.1, -0.05) is 18.2 Å². The number of amides is 1. The Hall–Kier alpha value is -3.53. The minimum Gasteiger partial charge on any atom is -0.478 e. The summed E-state index contributed by atoms with van der Waals surface area (Å²) in [5.74, 6) is 1.58. The third-order valence-corrected chi connectivity index (χ3v) is 3.41. The van der Waals surface area contributed by atoms with E-state index in [-0.39, 0.29) is 25.7 Å². The van der Waals surface area contributed by atoms with Gasteiger partial charge in [0, 0.05) is 5.56 Å². The summed E-state index contributed by atoms with van der Waals surface area (Å²) in [6.07, 6.45) is 1.64. The maximum absolute atomic E-state index is 12.0. The van der Waals surface area contributed by atoms with Gasteiger partial charge in [0.05, 0.1) is 12.6 Å². The second kappa shape index (κ2) is 7.84. The number of carbonyl (C=O) groups is 1. The van der Waals surface area contributed by atoms with Crippen LogP contribution in [0.3, 0.4) is 0 Å². The third kappa shape index (κ3) is 4.26. The van der Waals surface area contributed by atoms with Crippen molar-refractivity contribution in [3.05, 3.63) is 53.6 Å². The van der Waals surface area contributed by atoms with Gasteiger partial charge in [0.1, 0.15) is 11.8 Å². The van der Waals surface area contributed by atoms with Crippen molar-refractivity contribution in [3.8, 4) is 23.3 Å². The van der Waals surface area contributed by atoms with Crippen molar-refractivity contribution in [1.82, 2.24) is 5.43 Å². The summed E-state index contributed by atoms with van der Waals surface area (Å²) in [7, 11) is 0. The quantitative estimate of drug-likeness (QED) is 0.643. The summed E-state index contributed by atoms with van der Waals surface area (Å²) < 4.78 is 15.8. The summed E-state index contributed by atoms with van der Waals surface area (Å²) in [5.41, 5.74) is 3.94. The predicted octanol–water partition coefficient (Wildman–Crippen LogP) is 2.01. The molecule has 2 aromatic carbocycles. The van der Waals surface area contributed by atoms with Gasteiger partial charge in [0.25, 0.3) is 0 Å². The second-order valence-electron chi connectivity index (χ2n) is 5.14. The zero-order valence-electron chi connectivity index (χ0n) is 13.3. The zero-order chi connectivity index (χ0) is 17.5. The van der Waals surface area contributed by atoms with Crippen LogP contribution >= 0.6 is 0 Å². The topological polar surface area (TPSA) is 92.9 Å². The first kappa shape index (κ1) is 16.3. The Balaban J connectivity index is 1.57. The summed E-state index contributed by atoms with van der Waals surface area (Å²) >= 11 is 0. The molecule has 2 aromatic rings. The minimum atomic E-state index is -0.259. The van der Waals surface area contributed by atoms with E-state index in [0.29, 0.717) is 22.8 Å². The van der Waals surface area contributed by atoms with Crippen molar-refractivity contribution in [2.45, 2.75) is 6.42 Å². The fourth-order valence-electron chi connectivity index (χ4n) is 2.28. The molecule has 0 fully saturated rings. The van der Waals surface area contributed by atoms with Gasteiger partial charge in [-0.05, 0) is 29.8 Å². The molecule has 0 saturated carbocycles. The highest BCUT2D eigenvalue weighted by Gasteiger charge is 2.14. The Kier molecular flexibility index (Phi) is 5.12. The summed E-state index contributed by atoms with van der Waals surface area (Å²) in [5, 5.41) is 12.5. The van der Waals surface area contributed by atoms with Gasteiger partial charge in [0.2, 0.25) is 12.7 Å². The number of ether oxygens (including phenoxy) is 3. The smallest absolute Gasteiger partial charge is 0.244 e. The van der Waals surface area contributed by atoms with E-state index in [1.54, 1.807) is 30.3 Å². The molecule has 0 spiro atoms. The van der Waals surface area contributed by atoms with Crippen molar-refractivity contribution in [1.29, 1.82) is 5.26 Å². The summed E-state index contributed by atoms with van der Waals surface area (Å²) in [6.45, 7) is 0.143. The molecule has 1 aliphatic heterocycles. The molecule has 1 N–H and O–H groups in total. The molecule has 126 valence electrons. The molecule has 1 heterocycles. The number of nitrogens with zero attached hydrogens (tertiary/aromatic N) is 2. The van der Waals surface area contributed by atoms with E-state index >= 15 is 0 Å². The molecule has 0 unspecified atom stereocenters. The van der Waals surface area contributed by atoms with Gasteiger partial charge in [0.15, 0.2) is 18.1 Å². The Bertz CT molecular complexity index is 842. The number of benzene rings is 2. The number of para-hydroxylation sites is 1. The van der Waals surface area contributed by atoms with E-state index < -0.39 is 0 Å². The standard InChI is InChI=1S/C18H15N3O4/c19-7-8-23-15-4-2-1-3-14(15)11-20-21-18(22)10-13-5-6-16-17(9-13)25-12-24-16/h1-6,9,11H,8,10,12H2,(H,21,22)/b20-11-. The number of hydrogen-bond donors (Lipinski definition) is 1. The molecule has 7 nitrogen and oxygen atoms in total. The Labute approximate surface area is 144 Å². The van der Waals surface area contributed by atoms with E-state index in [0.717, 1.165) is 5.56 Å². The Morgan fingerprint density at radius 3 is 3.00 bits per heavy atom. The first-order valence-electron chi connectivity index (χ1n) is 7.55. The van der Waals surface area contributed by atoms with Crippen molar-refractivity contribution in [3.63, 3.8) is 0 Å². The number of fused-ring (bicyclic) bond motifs is 1. The van der Waals surface area contributed by atoms with Crippen LogP contribution in [0, 0.1) is 11.3 Å². The van der Waals surface area contributed by atoms with Crippen LogP contribution in [-0.4, -0.2) is 25.5 Å². The monoisotopic (exact) mass is 337 g/mol. The molecule has 1 aliphatic rings. The lowest BCUT2D eigenvalue weighted by atomic mass is 10.1. The van der Waals surface area contributed by atoms with Crippen LogP contribution in [0.15, 0.2) is 47.6 Å². The van der Waals surface area contributed by atoms with Crippen LogP contribution in [0.2, 0.25) is 0 Å². The van der Waals surface area contributed by atoms with Crippen molar-refractivity contribution < 1.29 is 19.0 Å². The minimum absolute atomic E-state index is 0.0542.